The van der Waals surface area contributed by atoms with E-state index in [1.165, 1.54) is 30.5 Å². The van der Waals surface area contributed by atoms with Crippen LogP contribution in [0.25, 0.3) is 0 Å². The molecule has 29 heavy (non-hydrogen) atoms. The van der Waals surface area contributed by atoms with Gasteiger partial charge in [0.05, 0.1) is 25.5 Å². The third-order valence-electron chi connectivity index (χ3n) is 6.50. The molecule has 1 aromatic carbocycles. The van der Waals surface area contributed by atoms with Crippen molar-refractivity contribution < 1.29 is 9.47 Å². The summed E-state index contributed by atoms with van der Waals surface area (Å²) < 4.78 is 11.6. The summed E-state index contributed by atoms with van der Waals surface area (Å²) in [4.78, 5) is 14.0. The van der Waals surface area contributed by atoms with Crippen LogP contribution in [0.3, 0.4) is 0 Å². The van der Waals surface area contributed by atoms with Gasteiger partial charge in [0.15, 0.2) is 0 Å². The summed E-state index contributed by atoms with van der Waals surface area (Å²) in [5, 5.41) is 0. The molecule has 2 saturated heterocycles. The number of hydrogen-bond acceptors (Lipinski definition) is 6. The van der Waals surface area contributed by atoms with Gasteiger partial charge in [-0.25, -0.2) is 0 Å². The molecule has 0 amide bonds. The SMILES string of the molecule is c1cnc([C@H]2CN3CCC[C@H]3c3cc(OCCCN4CCOCC4)ccc32)cn1. The lowest BCUT2D eigenvalue weighted by Gasteiger charge is -2.37. The first-order chi connectivity index (χ1) is 14.4. The quantitative estimate of drug-likeness (QED) is 0.703. The Hall–Kier alpha value is -2.02. The largest absolute Gasteiger partial charge is 0.494 e. The summed E-state index contributed by atoms with van der Waals surface area (Å²) in [5.74, 6) is 1.29. The standard InChI is InChI=1S/C23H30N4O2/c1-3-23-20-15-18(29-12-2-8-26-10-13-28-14-11-26)4-5-19(20)21(17-27(23)9-1)22-16-24-6-7-25-22/h4-7,15-16,21,23H,1-3,8-14,17H2/t21-,23-/m0/s1. The van der Waals surface area contributed by atoms with Crippen molar-refractivity contribution >= 4 is 0 Å². The molecule has 2 aromatic rings. The van der Waals surface area contributed by atoms with Gasteiger partial charge in [-0.3, -0.25) is 19.8 Å². The lowest BCUT2D eigenvalue weighted by Crippen LogP contribution is -2.37. The molecule has 0 spiro atoms. The minimum atomic E-state index is 0.295. The minimum absolute atomic E-state index is 0.295. The number of benzene rings is 1. The van der Waals surface area contributed by atoms with E-state index in [0.29, 0.717) is 12.0 Å². The summed E-state index contributed by atoms with van der Waals surface area (Å²) in [6.45, 7) is 7.85. The zero-order valence-corrected chi connectivity index (χ0v) is 17.0. The number of morpholine rings is 1. The van der Waals surface area contributed by atoms with Crippen LogP contribution in [0.15, 0.2) is 36.8 Å². The molecule has 154 valence electrons. The highest BCUT2D eigenvalue weighted by Crippen LogP contribution is 2.44. The molecule has 2 atom stereocenters. The van der Waals surface area contributed by atoms with Crippen molar-refractivity contribution in [3.8, 4) is 5.75 Å². The molecule has 3 aliphatic heterocycles. The Labute approximate surface area is 172 Å². The Kier molecular flexibility index (Phi) is 5.74. The van der Waals surface area contributed by atoms with Crippen molar-refractivity contribution in [3.05, 3.63) is 53.6 Å². The highest BCUT2D eigenvalue weighted by Gasteiger charge is 2.37. The van der Waals surface area contributed by atoms with Gasteiger partial charge in [-0.2, -0.15) is 0 Å². The Balaban J connectivity index is 1.29. The van der Waals surface area contributed by atoms with Crippen LogP contribution in [0, 0.1) is 0 Å². The summed E-state index contributed by atoms with van der Waals surface area (Å²) >= 11 is 0. The van der Waals surface area contributed by atoms with E-state index in [1.54, 1.807) is 12.4 Å². The van der Waals surface area contributed by atoms with E-state index < -0.39 is 0 Å². The molecule has 0 aliphatic carbocycles. The van der Waals surface area contributed by atoms with Crippen molar-refractivity contribution in [2.75, 3.05) is 52.5 Å². The average molecular weight is 395 g/mol. The van der Waals surface area contributed by atoms with Gasteiger partial charge in [-0.15, -0.1) is 0 Å². The van der Waals surface area contributed by atoms with Crippen molar-refractivity contribution in [2.24, 2.45) is 0 Å². The van der Waals surface area contributed by atoms with Gasteiger partial charge in [0.25, 0.3) is 0 Å². The van der Waals surface area contributed by atoms with Gasteiger partial charge in [-0.1, -0.05) is 6.07 Å². The first kappa shape index (κ1) is 19.0. The second-order valence-corrected chi connectivity index (χ2v) is 8.28. The smallest absolute Gasteiger partial charge is 0.119 e. The Bertz CT molecular complexity index is 810. The second-order valence-electron chi connectivity index (χ2n) is 8.28. The average Bonchev–Trinajstić information content (AvgIpc) is 3.26. The fraction of sp³-hybridized carbons (Fsp3) is 0.565. The maximum absolute atomic E-state index is 6.15. The van der Waals surface area contributed by atoms with Crippen LogP contribution in [-0.2, 0) is 4.74 Å². The Morgan fingerprint density at radius 1 is 1.10 bits per heavy atom. The number of ether oxygens (including phenoxy) is 2. The van der Waals surface area contributed by atoms with Gasteiger partial charge in [-0.05, 0) is 49.1 Å². The topological polar surface area (TPSA) is 50.7 Å². The van der Waals surface area contributed by atoms with E-state index in [2.05, 4.69) is 38.0 Å². The minimum Gasteiger partial charge on any atom is -0.494 e. The first-order valence-electron chi connectivity index (χ1n) is 11.0. The molecular weight excluding hydrogens is 364 g/mol. The zero-order valence-electron chi connectivity index (χ0n) is 17.0. The molecule has 1 aromatic heterocycles. The lowest BCUT2D eigenvalue weighted by atomic mass is 9.83. The fourth-order valence-electron chi connectivity index (χ4n) is 5.02. The Morgan fingerprint density at radius 2 is 2.03 bits per heavy atom. The van der Waals surface area contributed by atoms with Crippen LogP contribution < -0.4 is 4.74 Å². The maximum atomic E-state index is 6.15. The monoisotopic (exact) mass is 394 g/mol. The van der Waals surface area contributed by atoms with Crippen LogP contribution in [0.2, 0.25) is 0 Å². The summed E-state index contributed by atoms with van der Waals surface area (Å²) in [6.07, 6.45) is 9.02. The van der Waals surface area contributed by atoms with Crippen LogP contribution in [0.1, 0.15) is 48.0 Å². The van der Waals surface area contributed by atoms with Gasteiger partial charge >= 0.3 is 0 Å². The number of aromatic nitrogens is 2. The van der Waals surface area contributed by atoms with Crippen molar-refractivity contribution in [1.82, 2.24) is 19.8 Å². The van der Waals surface area contributed by atoms with E-state index in [0.717, 1.165) is 63.9 Å². The van der Waals surface area contributed by atoms with Gasteiger partial charge in [0.2, 0.25) is 0 Å². The first-order valence-corrected chi connectivity index (χ1v) is 11.0. The predicted octanol–water partition coefficient (Wildman–Crippen LogP) is 2.86. The van der Waals surface area contributed by atoms with Gasteiger partial charge in [0, 0.05) is 56.7 Å². The summed E-state index contributed by atoms with van der Waals surface area (Å²) in [5.41, 5.74) is 3.89. The number of fused-ring (bicyclic) bond motifs is 3. The lowest BCUT2D eigenvalue weighted by molar-refractivity contribution is 0.0358. The van der Waals surface area contributed by atoms with Crippen molar-refractivity contribution in [3.63, 3.8) is 0 Å². The molecule has 0 bridgehead atoms. The van der Waals surface area contributed by atoms with E-state index in [-0.39, 0.29) is 0 Å². The third-order valence-corrected chi connectivity index (χ3v) is 6.50. The van der Waals surface area contributed by atoms with Crippen LogP contribution in [0.5, 0.6) is 5.75 Å². The van der Waals surface area contributed by atoms with Crippen molar-refractivity contribution in [1.29, 1.82) is 0 Å². The third kappa shape index (κ3) is 4.15. The molecule has 6 nitrogen and oxygen atoms in total. The van der Waals surface area contributed by atoms with Gasteiger partial charge < -0.3 is 9.47 Å². The van der Waals surface area contributed by atoms with Crippen molar-refractivity contribution in [2.45, 2.75) is 31.2 Å². The Morgan fingerprint density at radius 3 is 2.90 bits per heavy atom. The van der Waals surface area contributed by atoms with Crippen LogP contribution >= 0.6 is 0 Å². The molecule has 5 rings (SSSR count). The number of nitrogens with zero attached hydrogens (tertiary/aromatic N) is 4. The van der Waals surface area contributed by atoms with E-state index in [1.807, 2.05) is 6.20 Å². The molecule has 4 heterocycles. The van der Waals surface area contributed by atoms with Crippen LogP contribution in [-0.4, -0.2) is 72.3 Å². The zero-order chi connectivity index (χ0) is 19.5. The molecule has 2 fully saturated rings. The molecule has 0 radical (unpaired) electrons. The molecule has 6 heteroatoms. The predicted molar refractivity (Wildman–Crippen MR) is 111 cm³/mol. The number of hydrogen-bond donors (Lipinski definition) is 0. The number of rotatable bonds is 6. The second kappa shape index (κ2) is 8.78. The maximum Gasteiger partial charge on any atom is 0.119 e. The van der Waals surface area contributed by atoms with Gasteiger partial charge in [0.1, 0.15) is 5.75 Å². The molecule has 3 aliphatic rings. The fourth-order valence-corrected chi connectivity index (χ4v) is 5.02. The molecule has 0 saturated carbocycles. The molecule has 0 unspecified atom stereocenters. The summed E-state index contributed by atoms with van der Waals surface area (Å²) in [7, 11) is 0. The van der Waals surface area contributed by atoms with E-state index in [4.69, 9.17) is 9.47 Å². The normalized spacial score (nSPS) is 24.8. The van der Waals surface area contributed by atoms with E-state index >= 15 is 0 Å². The van der Waals surface area contributed by atoms with E-state index in [9.17, 15) is 0 Å². The summed E-state index contributed by atoms with van der Waals surface area (Å²) in [6, 6.07) is 7.22. The molecule has 0 N–H and O–H groups in total. The van der Waals surface area contributed by atoms with Crippen LogP contribution in [0.4, 0.5) is 0 Å². The highest BCUT2D eigenvalue weighted by molar-refractivity contribution is 5.45. The molecular formula is C23H30N4O2. The highest BCUT2D eigenvalue weighted by atomic mass is 16.5.